The largest absolute Gasteiger partial charge is 0.467 e. The topological polar surface area (TPSA) is 67.8 Å². The molecule has 1 atom stereocenters. The van der Waals surface area contributed by atoms with Gasteiger partial charge in [0.2, 0.25) is 5.88 Å². The predicted octanol–water partition coefficient (Wildman–Crippen LogP) is 3.17. The van der Waals surface area contributed by atoms with Crippen molar-refractivity contribution in [3.63, 3.8) is 0 Å². The molecule has 0 radical (unpaired) electrons. The summed E-state index contributed by atoms with van der Waals surface area (Å²) in [5, 5.41) is 0. The van der Waals surface area contributed by atoms with Gasteiger partial charge in [-0.05, 0) is 43.2 Å². The van der Waals surface area contributed by atoms with Gasteiger partial charge in [-0.2, -0.15) is 9.97 Å². The van der Waals surface area contributed by atoms with E-state index in [2.05, 4.69) is 45.7 Å². The fourth-order valence-electron chi connectivity index (χ4n) is 5.19. The summed E-state index contributed by atoms with van der Waals surface area (Å²) in [6, 6.07) is 8.78. The van der Waals surface area contributed by atoms with Crippen LogP contribution in [0.4, 0.5) is 10.2 Å². The number of ether oxygens (including phenoxy) is 2. The number of fused-ring (bicyclic) bond motifs is 3. The van der Waals surface area contributed by atoms with Crippen LogP contribution in [0.5, 0.6) is 11.9 Å². The Hall–Kier alpha value is -3.16. The number of piperazine rings is 1. The first-order valence-corrected chi connectivity index (χ1v) is 11.1. The molecule has 1 spiro atoms. The van der Waals surface area contributed by atoms with Crippen molar-refractivity contribution in [2.75, 3.05) is 38.2 Å². The Morgan fingerprint density at radius 3 is 2.69 bits per heavy atom. The van der Waals surface area contributed by atoms with E-state index < -0.39 is 11.7 Å². The maximum atomic E-state index is 13.2. The third kappa shape index (κ3) is 3.47. The SMILES string of the molecule is C=C(F)C(=O)N1CCN(c2nc(OC)nc3c2CCC2(CCCc4ccccc42)O3)CC1. The number of aromatic nitrogens is 2. The molecule has 1 amide bonds. The first-order valence-electron chi connectivity index (χ1n) is 11.1. The molecule has 1 unspecified atom stereocenters. The summed E-state index contributed by atoms with van der Waals surface area (Å²) in [5.41, 5.74) is 3.20. The predicted molar refractivity (Wildman–Crippen MR) is 118 cm³/mol. The van der Waals surface area contributed by atoms with Crippen LogP contribution in [0.25, 0.3) is 0 Å². The number of carbonyl (C=O) groups is 1. The lowest BCUT2D eigenvalue weighted by atomic mass is 9.75. The highest BCUT2D eigenvalue weighted by Gasteiger charge is 2.43. The molecule has 0 N–H and O–H groups in total. The number of rotatable bonds is 3. The van der Waals surface area contributed by atoms with Gasteiger partial charge in [0.25, 0.3) is 5.91 Å². The fraction of sp³-hybridized carbons (Fsp3) is 0.458. The third-order valence-electron chi connectivity index (χ3n) is 6.81. The van der Waals surface area contributed by atoms with Gasteiger partial charge < -0.3 is 19.3 Å². The third-order valence-corrected chi connectivity index (χ3v) is 6.81. The summed E-state index contributed by atoms with van der Waals surface area (Å²) in [5.74, 6) is -0.221. The number of amides is 1. The number of hydrogen-bond acceptors (Lipinski definition) is 6. The number of carbonyl (C=O) groups excluding carboxylic acids is 1. The quantitative estimate of drug-likeness (QED) is 0.686. The lowest BCUT2D eigenvalue weighted by Gasteiger charge is -2.43. The van der Waals surface area contributed by atoms with Crippen LogP contribution < -0.4 is 14.4 Å². The number of benzene rings is 1. The van der Waals surface area contributed by atoms with Crippen LogP contribution in [-0.2, 0) is 23.2 Å². The second-order valence-corrected chi connectivity index (χ2v) is 8.61. The Balaban J connectivity index is 1.45. The van der Waals surface area contributed by atoms with Crippen LogP contribution in [0, 0.1) is 0 Å². The van der Waals surface area contributed by atoms with Crippen LogP contribution in [0.2, 0.25) is 0 Å². The molecular formula is C24H27FN4O3. The summed E-state index contributed by atoms with van der Waals surface area (Å²) >= 11 is 0. The standard InChI is InChI=1S/C24H27FN4O3/c1-16(25)22(30)29-14-12-28(13-15-29)20-18-9-11-24(32-21(18)27-23(26-20)31-2)10-5-7-17-6-3-4-8-19(17)24/h3-4,6,8H,1,5,7,9-15H2,2H3. The van der Waals surface area contributed by atoms with Crippen LogP contribution in [0.1, 0.15) is 36.0 Å². The van der Waals surface area contributed by atoms with E-state index in [9.17, 15) is 9.18 Å². The lowest BCUT2D eigenvalue weighted by molar-refractivity contribution is -0.128. The van der Waals surface area contributed by atoms with Crippen molar-refractivity contribution in [2.24, 2.45) is 0 Å². The van der Waals surface area contributed by atoms with Crippen LogP contribution in [0.3, 0.4) is 0 Å². The minimum absolute atomic E-state index is 0.260. The maximum Gasteiger partial charge on any atom is 0.321 e. The molecular weight excluding hydrogens is 411 g/mol. The Labute approximate surface area is 186 Å². The normalized spacial score (nSPS) is 22.1. The van der Waals surface area contributed by atoms with Gasteiger partial charge in [-0.3, -0.25) is 4.79 Å². The average Bonchev–Trinajstić information content (AvgIpc) is 2.83. The summed E-state index contributed by atoms with van der Waals surface area (Å²) in [6.45, 7) is 5.01. The van der Waals surface area contributed by atoms with E-state index in [1.165, 1.54) is 16.0 Å². The van der Waals surface area contributed by atoms with Crippen molar-refractivity contribution >= 4 is 11.7 Å². The molecule has 1 aromatic carbocycles. The molecule has 168 valence electrons. The van der Waals surface area contributed by atoms with Crippen molar-refractivity contribution in [3.05, 3.63) is 53.4 Å². The van der Waals surface area contributed by atoms with Gasteiger partial charge in [0.05, 0.1) is 12.7 Å². The molecule has 32 heavy (non-hydrogen) atoms. The number of hydrogen-bond donors (Lipinski definition) is 0. The van der Waals surface area contributed by atoms with Crippen molar-refractivity contribution in [3.8, 4) is 11.9 Å². The van der Waals surface area contributed by atoms with Crippen LogP contribution in [-0.4, -0.2) is 54.1 Å². The van der Waals surface area contributed by atoms with Gasteiger partial charge in [-0.25, -0.2) is 4.39 Å². The highest BCUT2D eigenvalue weighted by atomic mass is 19.1. The maximum absolute atomic E-state index is 13.2. The zero-order valence-corrected chi connectivity index (χ0v) is 18.3. The summed E-state index contributed by atoms with van der Waals surface area (Å²) < 4.78 is 25.3. The van der Waals surface area contributed by atoms with Gasteiger partial charge in [0.1, 0.15) is 11.4 Å². The van der Waals surface area contributed by atoms with Crippen LogP contribution in [0.15, 0.2) is 36.7 Å². The monoisotopic (exact) mass is 438 g/mol. The second-order valence-electron chi connectivity index (χ2n) is 8.61. The van der Waals surface area contributed by atoms with E-state index in [0.29, 0.717) is 32.1 Å². The molecule has 1 saturated heterocycles. The smallest absolute Gasteiger partial charge is 0.321 e. The summed E-state index contributed by atoms with van der Waals surface area (Å²) in [7, 11) is 1.55. The van der Waals surface area contributed by atoms with E-state index in [0.717, 1.165) is 43.5 Å². The Kier molecular flexibility index (Phi) is 5.23. The van der Waals surface area contributed by atoms with Crippen molar-refractivity contribution < 1.29 is 18.7 Å². The molecule has 2 aromatic rings. The highest BCUT2D eigenvalue weighted by Crippen LogP contribution is 2.47. The highest BCUT2D eigenvalue weighted by molar-refractivity contribution is 5.90. The molecule has 5 rings (SSSR count). The van der Waals surface area contributed by atoms with Crippen LogP contribution >= 0.6 is 0 Å². The molecule has 8 heteroatoms. The molecule has 1 fully saturated rings. The Morgan fingerprint density at radius 1 is 1.16 bits per heavy atom. The number of halogens is 1. The number of aryl methyl sites for hydroxylation is 1. The van der Waals surface area contributed by atoms with Crippen molar-refractivity contribution in [1.82, 2.24) is 14.9 Å². The number of methoxy groups -OCH3 is 1. The van der Waals surface area contributed by atoms with Crippen molar-refractivity contribution in [1.29, 1.82) is 0 Å². The molecule has 1 aromatic heterocycles. The van der Waals surface area contributed by atoms with Gasteiger partial charge >= 0.3 is 6.01 Å². The van der Waals surface area contributed by atoms with E-state index >= 15 is 0 Å². The first kappa shape index (κ1) is 20.7. The zero-order valence-electron chi connectivity index (χ0n) is 18.3. The fourth-order valence-corrected chi connectivity index (χ4v) is 5.19. The summed E-state index contributed by atoms with van der Waals surface area (Å²) in [6.07, 6.45) is 4.76. The van der Waals surface area contributed by atoms with E-state index in [-0.39, 0.29) is 11.6 Å². The lowest BCUT2D eigenvalue weighted by Crippen LogP contribution is -2.49. The van der Waals surface area contributed by atoms with E-state index in [1.54, 1.807) is 7.11 Å². The van der Waals surface area contributed by atoms with Crippen molar-refractivity contribution in [2.45, 2.75) is 37.7 Å². The molecule has 3 aliphatic rings. The minimum Gasteiger partial charge on any atom is -0.467 e. The number of anilines is 1. The zero-order chi connectivity index (χ0) is 22.3. The molecule has 0 bridgehead atoms. The second kappa shape index (κ2) is 8.07. The van der Waals surface area contributed by atoms with Gasteiger partial charge in [-0.15, -0.1) is 0 Å². The minimum atomic E-state index is -0.925. The van der Waals surface area contributed by atoms with Gasteiger partial charge in [0, 0.05) is 26.2 Å². The molecule has 1 aliphatic carbocycles. The van der Waals surface area contributed by atoms with E-state index in [1.807, 2.05) is 0 Å². The Bertz CT molecular complexity index is 1070. The number of nitrogens with zero attached hydrogens (tertiary/aromatic N) is 4. The molecule has 0 saturated carbocycles. The van der Waals surface area contributed by atoms with Gasteiger partial charge in [0.15, 0.2) is 5.83 Å². The van der Waals surface area contributed by atoms with E-state index in [4.69, 9.17) is 9.47 Å². The molecule has 3 heterocycles. The first-order chi connectivity index (χ1) is 15.5. The molecule has 7 nitrogen and oxygen atoms in total. The summed E-state index contributed by atoms with van der Waals surface area (Å²) in [4.78, 5) is 24.7. The molecule has 2 aliphatic heterocycles. The van der Waals surface area contributed by atoms with Gasteiger partial charge in [-0.1, -0.05) is 30.8 Å². The Morgan fingerprint density at radius 2 is 1.94 bits per heavy atom. The average molecular weight is 439 g/mol.